The van der Waals surface area contributed by atoms with E-state index in [1.165, 1.54) is 24.2 Å². The summed E-state index contributed by atoms with van der Waals surface area (Å²) in [6, 6.07) is 0.172. The first-order valence-corrected chi connectivity index (χ1v) is 8.91. The monoisotopic (exact) mass is 321 g/mol. The van der Waals surface area contributed by atoms with Crippen molar-refractivity contribution >= 4 is 23.2 Å². The Morgan fingerprint density at radius 1 is 1.32 bits per heavy atom. The van der Waals surface area contributed by atoms with E-state index in [1.54, 1.807) is 0 Å². The van der Waals surface area contributed by atoms with Gasteiger partial charge in [0.2, 0.25) is 5.91 Å². The molecule has 1 fully saturated rings. The second-order valence-corrected chi connectivity index (χ2v) is 7.73. The number of hydrogen-bond donors (Lipinski definition) is 2. The van der Waals surface area contributed by atoms with Crippen molar-refractivity contribution in [2.45, 2.75) is 52.0 Å². The van der Waals surface area contributed by atoms with Gasteiger partial charge in [-0.15, -0.1) is 11.3 Å². The summed E-state index contributed by atoms with van der Waals surface area (Å²) in [6.07, 6.45) is 4.99. The van der Waals surface area contributed by atoms with Gasteiger partial charge in [-0.05, 0) is 31.6 Å². The number of thiazole rings is 1. The normalized spacial score (nSPS) is 20.6. The molecule has 2 N–H and O–H groups in total. The molecule has 0 aromatic carbocycles. The highest BCUT2D eigenvalue weighted by Crippen LogP contribution is 2.29. The van der Waals surface area contributed by atoms with Gasteiger partial charge < -0.3 is 10.6 Å². The van der Waals surface area contributed by atoms with Gasteiger partial charge in [0.05, 0.1) is 5.69 Å². The summed E-state index contributed by atoms with van der Waals surface area (Å²) in [5, 5.41) is 6.62. The first-order valence-electron chi connectivity index (χ1n) is 8.10. The number of amides is 2. The van der Waals surface area contributed by atoms with Crippen LogP contribution >= 0.6 is 11.3 Å². The molecule has 0 radical (unpaired) electrons. The van der Waals surface area contributed by atoms with Crippen LogP contribution in [-0.2, 0) is 17.6 Å². The highest BCUT2D eigenvalue weighted by atomic mass is 32.1. The minimum Gasteiger partial charge on any atom is -0.353 e. The molecule has 0 bridgehead atoms. The van der Waals surface area contributed by atoms with Crippen LogP contribution in [0.3, 0.4) is 0 Å². The van der Waals surface area contributed by atoms with Gasteiger partial charge in [0.15, 0.2) is 5.01 Å². The molecule has 1 heterocycles. The molecule has 0 spiro atoms. The summed E-state index contributed by atoms with van der Waals surface area (Å²) < 4.78 is 0. The Hall–Kier alpha value is -1.43. The van der Waals surface area contributed by atoms with Crippen molar-refractivity contribution in [3.05, 3.63) is 15.6 Å². The number of aryl methyl sites for hydroxylation is 1. The molecule has 0 saturated heterocycles. The minimum absolute atomic E-state index is 0.00613. The molecule has 2 aliphatic carbocycles. The van der Waals surface area contributed by atoms with E-state index < -0.39 is 0 Å². The molecule has 6 heteroatoms. The van der Waals surface area contributed by atoms with Crippen molar-refractivity contribution in [1.29, 1.82) is 0 Å². The second kappa shape index (κ2) is 6.36. The third-order valence-corrected chi connectivity index (χ3v) is 5.37. The molecule has 1 aromatic rings. The first kappa shape index (κ1) is 15.5. The average Bonchev–Trinajstić information content (AvgIpc) is 3.22. The van der Waals surface area contributed by atoms with E-state index in [-0.39, 0.29) is 23.8 Å². The Labute approximate surface area is 134 Å². The number of carbonyl (C=O) groups is 2. The lowest BCUT2D eigenvalue weighted by molar-refractivity contribution is -0.124. The zero-order chi connectivity index (χ0) is 15.7. The number of carbonyl (C=O) groups excluding carboxylic acids is 2. The maximum Gasteiger partial charge on any atom is 0.280 e. The molecule has 0 aliphatic heterocycles. The van der Waals surface area contributed by atoms with Crippen molar-refractivity contribution < 1.29 is 9.59 Å². The van der Waals surface area contributed by atoms with Gasteiger partial charge in [-0.3, -0.25) is 9.59 Å². The van der Waals surface area contributed by atoms with Crippen molar-refractivity contribution in [2.24, 2.45) is 11.8 Å². The lowest BCUT2D eigenvalue weighted by atomic mass is 9.97. The molecule has 2 aliphatic rings. The number of nitrogens with zero attached hydrogens (tertiary/aromatic N) is 1. The maximum atomic E-state index is 12.1. The van der Waals surface area contributed by atoms with E-state index in [4.69, 9.17) is 0 Å². The minimum atomic E-state index is -0.0472. The Bertz CT molecular complexity index is 578. The van der Waals surface area contributed by atoms with Gasteiger partial charge in [0, 0.05) is 29.8 Å². The van der Waals surface area contributed by atoms with E-state index in [0.717, 1.165) is 36.4 Å². The van der Waals surface area contributed by atoms with Gasteiger partial charge >= 0.3 is 0 Å². The molecule has 3 rings (SSSR count). The van der Waals surface area contributed by atoms with E-state index in [2.05, 4.69) is 15.6 Å². The highest BCUT2D eigenvalue weighted by Gasteiger charge is 2.27. The Balaban J connectivity index is 1.59. The smallest absolute Gasteiger partial charge is 0.280 e. The third-order valence-electron chi connectivity index (χ3n) is 4.25. The fourth-order valence-corrected chi connectivity index (χ4v) is 3.70. The number of rotatable bonds is 5. The predicted molar refractivity (Wildman–Crippen MR) is 86.0 cm³/mol. The lowest BCUT2D eigenvalue weighted by Crippen LogP contribution is -2.40. The van der Waals surface area contributed by atoms with E-state index >= 15 is 0 Å². The Morgan fingerprint density at radius 2 is 2.09 bits per heavy atom. The molecule has 1 atom stereocenters. The Morgan fingerprint density at radius 3 is 2.77 bits per heavy atom. The average molecular weight is 321 g/mol. The summed E-state index contributed by atoms with van der Waals surface area (Å²) in [6.45, 7) is 4.58. The van der Waals surface area contributed by atoms with E-state index in [0.29, 0.717) is 10.9 Å². The zero-order valence-electron chi connectivity index (χ0n) is 13.1. The zero-order valence-corrected chi connectivity index (χ0v) is 14.0. The molecule has 1 saturated carbocycles. The largest absolute Gasteiger partial charge is 0.353 e. The first-order chi connectivity index (χ1) is 10.5. The van der Waals surface area contributed by atoms with Gasteiger partial charge in [-0.2, -0.15) is 0 Å². The molecule has 2 amide bonds. The van der Waals surface area contributed by atoms with Crippen LogP contribution < -0.4 is 10.6 Å². The van der Waals surface area contributed by atoms with Crippen LogP contribution in [0.2, 0.25) is 0 Å². The summed E-state index contributed by atoms with van der Waals surface area (Å²) >= 11 is 1.48. The summed E-state index contributed by atoms with van der Waals surface area (Å²) in [5.41, 5.74) is 1.04. The van der Waals surface area contributed by atoms with Crippen LogP contribution in [0.15, 0.2) is 0 Å². The predicted octanol–water partition coefficient (Wildman–Crippen LogP) is 1.91. The molecule has 22 heavy (non-hydrogen) atoms. The van der Waals surface area contributed by atoms with Crippen LogP contribution in [0.1, 0.15) is 53.5 Å². The topological polar surface area (TPSA) is 71.1 Å². The highest BCUT2D eigenvalue weighted by molar-refractivity contribution is 7.13. The molecule has 120 valence electrons. The second-order valence-electron chi connectivity index (χ2n) is 6.65. The van der Waals surface area contributed by atoms with Gasteiger partial charge in [-0.1, -0.05) is 13.8 Å². The fraction of sp³-hybridized carbons (Fsp3) is 0.688. The van der Waals surface area contributed by atoms with Crippen LogP contribution in [0.25, 0.3) is 0 Å². The molecule has 5 nitrogen and oxygen atoms in total. The maximum absolute atomic E-state index is 12.1. The molecular formula is C16H23N3O2S. The standard InChI is InChI=1S/C16H23N3O2S/c1-9(2)14(20)18-11-5-6-12-13(7-11)22-16(19-12)15(21)17-8-10-3-4-10/h9-11H,3-8H2,1-2H3,(H,17,21)(H,18,20)/t11-/m0/s1. The number of fused-ring (bicyclic) bond motifs is 1. The van der Waals surface area contributed by atoms with Gasteiger partial charge in [-0.25, -0.2) is 4.98 Å². The summed E-state index contributed by atoms with van der Waals surface area (Å²) in [5.74, 6) is 0.732. The SMILES string of the molecule is CC(C)C(=O)N[C@H]1CCc2nc(C(=O)NCC3CC3)sc2C1. The lowest BCUT2D eigenvalue weighted by Gasteiger charge is -2.23. The fourth-order valence-electron chi connectivity index (χ4n) is 2.60. The third kappa shape index (κ3) is 3.66. The van der Waals surface area contributed by atoms with Crippen molar-refractivity contribution in [3.8, 4) is 0 Å². The number of aromatic nitrogens is 1. The van der Waals surface area contributed by atoms with Crippen molar-refractivity contribution in [3.63, 3.8) is 0 Å². The molecular weight excluding hydrogens is 298 g/mol. The quantitative estimate of drug-likeness (QED) is 0.870. The molecule has 0 unspecified atom stereocenters. The summed E-state index contributed by atoms with van der Waals surface area (Å²) in [7, 11) is 0. The van der Waals surface area contributed by atoms with Gasteiger partial charge in [0.25, 0.3) is 5.91 Å². The van der Waals surface area contributed by atoms with Crippen LogP contribution in [0, 0.1) is 11.8 Å². The molecule has 1 aromatic heterocycles. The van der Waals surface area contributed by atoms with Crippen LogP contribution in [-0.4, -0.2) is 29.4 Å². The van der Waals surface area contributed by atoms with E-state index in [1.807, 2.05) is 13.8 Å². The van der Waals surface area contributed by atoms with E-state index in [9.17, 15) is 9.59 Å². The Kier molecular flexibility index (Phi) is 4.47. The van der Waals surface area contributed by atoms with Gasteiger partial charge in [0.1, 0.15) is 0 Å². The van der Waals surface area contributed by atoms with Crippen LogP contribution in [0.4, 0.5) is 0 Å². The summed E-state index contributed by atoms with van der Waals surface area (Å²) in [4.78, 5) is 29.6. The number of nitrogens with one attached hydrogen (secondary N) is 2. The number of hydrogen-bond acceptors (Lipinski definition) is 4. The van der Waals surface area contributed by atoms with Crippen molar-refractivity contribution in [1.82, 2.24) is 15.6 Å². The van der Waals surface area contributed by atoms with Crippen LogP contribution in [0.5, 0.6) is 0 Å². The van der Waals surface area contributed by atoms with Crippen molar-refractivity contribution in [2.75, 3.05) is 6.54 Å².